The largest absolute Gasteiger partial charge is 0.496 e. The topological polar surface area (TPSA) is 26.3 Å². The van der Waals surface area contributed by atoms with E-state index in [2.05, 4.69) is 6.92 Å². The van der Waals surface area contributed by atoms with Gasteiger partial charge in [-0.1, -0.05) is 25.1 Å². The van der Waals surface area contributed by atoms with Gasteiger partial charge in [0, 0.05) is 12.0 Å². The number of hydrogen-bond donors (Lipinski definition) is 0. The molecule has 1 saturated carbocycles. The third-order valence-electron chi connectivity index (χ3n) is 3.26. The number of hydrogen-bond acceptors (Lipinski definition) is 2. The van der Waals surface area contributed by atoms with Crippen LogP contribution < -0.4 is 4.74 Å². The highest BCUT2D eigenvalue weighted by atomic mass is 16.5. The Hall–Kier alpha value is -1.57. The summed E-state index contributed by atoms with van der Waals surface area (Å²) in [6.45, 7) is 2.20. The van der Waals surface area contributed by atoms with Crippen molar-refractivity contribution in [2.45, 2.75) is 26.2 Å². The normalized spacial score (nSPS) is 22.8. The number of rotatable bonds is 2. The van der Waals surface area contributed by atoms with Crippen molar-refractivity contribution in [1.29, 1.82) is 0 Å². The molecule has 1 fully saturated rings. The van der Waals surface area contributed by atoms with Crippen molar-refractivity contribution < 1.29 is 9.53 Å². The van der Waals surface area contributed by atoms with Crippen molar-refractivity contribution in [2.24, 2.45) is 5.92 Å². The van der Waals surface area contributed by atoms with Gasteiger partial charge in [-0.25, -0.2) is 0 Å². The summed E-state index contributed by atoms with van der Waals surface area (Å²) in [4.78, 5) is 11.8. The summed E-state index contributed by atoms with van der Waals surface area (Å²) in [5.74, 6) is 1.72. The summed E-state index contributed by atoms with van der Waals surface area (Å²) >= 11 is 0. The van der Waals surface area contributed by atoms with Crippen molar-refractivity contribution in [1.82, 2.24) is 0 Å². The van der Waals surface area contributed by atoms with Crippen LogP contribution in [0.5, 0.6) is 5.75 Å². The second-order valence-electron chi connectivity index (χ2n) is 4.68. The molecule has 0 N–H and O–H groups in total. The van der Waals surface area contributed by atoms with E-state index in [1.54, 1.807) is 7.11 Å². The van der Waals surface area contributed by atoms with E-state index in [9.17, 15) is 4.79 Å². The van der Waals surface area contributed by atoms with Crippen LogP contribution in [0.4, 0.5) is 0 Å². The Balaban J connectivity index is 2.30. The van der Waals surface area contributed by atoms with Crippen LogP contribution in [0.25, 0.3) is 6.08 Å². The number of carbonyl (C=O) groups is 1. The van der Waals surface area contributed by atoms with E-state index in [0.29, 0.717) is 12.3 Å². The average Bonchev–Trinajstić information content (AvgIpc) is 2.34. The molecule has 2 nitrogen and oxygen atoms in total. The summed E-state index contributed by atoms with van der Waals surface area (Å²) in [6.07, 6.45) is 4.57. The second kappa shape index (κ2) is 5.17. The minimum Gasteiger partial charge on any atom is -0.496 e. The molecule has 1 aromatic carbocycles. The zero-order chi connectivity index (χ0) is 12.3. The Morgan fingerprint density at radius 1 is 1.35 bits per heavy atom. The van der Waals surface area contributed by atoms with Gasteiger partial charge in [0.15, 0.2) is 5.78 Å². The number of methoxy groups -OCH3 is 1. The molecule has 17 heavy (non-hydrogen) atoms. The number of ether oxygens (including phenoxy) is 1. The predicted molar refractivity (Wildman–Crippen MR) is 69.0 cm³/mol. The maximum Gasteiger partial charge on any atom is 0.158 e. The highest BCUT2D eigenvalue weighted by Crippen LogP contribution is 2.29. The average molecular weight is 230 g/mol. The van der Waals surface area contributed by atoms with Crippen molar-refractivity contribution in [3.05, 3.63) is 35.4 Å². The molecule has 0 aliphatic heterocycles. The van der Waals surface area contributed by atoms with Crippen molar-refractivity contribution in [2.75, 3.05) is 7.11 Å². The Labute approximate surface area is 102 Å². The zero-order valence-corrected chi connectivity index (χ0v) is 10.4. The molecule has 2 rings (SSSR count). The van der Waals surface area contributed by atoms with Gasteiger partial charge in [-0.2, -0.15) is 0 Å². The number of allylic oxidation sites excluding steroid dienone is 1. The Morgan fingerprint density at radius 3 is 2.88 bits per heavy atom. The van der Waals surface area contributed by atoms with Gasteiger partial charge in [0.05, 0.1) is 7.11 Å². The van der Waals surface area contributed by atoms with Gasteiger partial charge in [0.1, 0.15) is 5.75 Å². The van der Waals surface area contributed by atoms with E-state index < -0.39 is 0 Å². The first-order chi connectivity index (χ1) is 8.20. The molecular weight excluding hydrogens is 212 g/mol. The lowest BCUT2D eigenvalue weighted by molar-refractivity contribution is -0.116. The first-order valence-corrected chi connectivity index (χ1v) is 6.07. The van der Waals surface area contributed by atoms with E-state index in [-0.39, 0.29) is 5.78 Å². The molecule has 0 saturated heterocycles. The van der Waals surface area contributed by atoms with Crippen molar-refractivity contribution >= 4 is 11.9 Å². The molecule has 2 heteroatoms. The van der Waals surface area contributed by atoms with Crippen molar-refractivity contribution in [3.63, 3.8) is 0 Å². The summed E-state index contributed by atoms with van der Waals surface area (Å²) in [5.41, 5.74) is 1.93. The standard InChI is InChI=1S/C15H18O2/c1-11-7-8-14(16)13(9-11)10-12-5-3-4-6-15(12)17-2/h3-6,10-11H,7-9H2,1-2H3. The molecule has 0 bridgehead atoms. The number of ketones is 1. The summed E-state index contributed by atoms with van der Waals surface area (Å²) in [6, 6.07) is 7.80. The van der Waals surface area contributed by atoms with Gasteiger partial charge in [0.2, 0.25) is 0 Å². The van der Waals surface area contributed by atoms with Crippen LogP contribution in [0.2, 0.25) is 0 Å². The van der Waals surface area contributed by atoms with Gasteiger partial charge in [-0.05, 0) is 36.5 Å². The molecule has 1 aliphatic rings. The van der Waals surface area contributed by atoms with Crippen LogP contribution in [0.1, 0.15) is 31.7 Å². The molecule has 0 amide bonds. The summed E-state index contributed by atoms with van der Waals surface area (Å²) in [7, 11) is 1.66. The van der Waals surface area contributed by atoms with Crippen LogP contribution in [0, 0.1) is 5.92 Å². The Bertz CT molecular complexity index is 446. The minimum atomic E-state index is 0.286. The highest BCUT2D eigenvalue weighted by molar-refractivity contribution is 6.00. The van der Waals surface area contributed by atoms with Gasteiger partial charge >= 0.3 is 0 Å². The number of para-hydroxylation sites is 1. The lowest BCUT2D eigenvalue weighted by Crippen LogP contribution is -2.14. The fraction of sp³-hybridized carbons (Fsp3) is 0.400. The van der Waals surface area contributed by atoms with E-state index in [1.807, 2.05) is 30.3 Å². The molecule has 1 aromatic rings. The van der Waals surface area contributed by atoms with E-state index in [0.717, 1.165) is 29.7 Å². The molecule has 0 spiro atoms. The maximum absolute atomic E-state index is 11.8. The maximum atomic E-state index is 11.8. The van der Waals surface area contributed by atoms with E-state index in [1.165, 1.54) is 0 Å². The Morgan fingerprint density at radius 2 is 2.12 bits per heavy atom. The van der Waals surface area contributed by atoms with Gasteiger partial charge in [-0.15, -0.1) is 0 Å². The monoisotopic (exact) mass is 230 g/mol. The molecule has 0 heterocycles. The molecule has 90 valence electrons. The van der Waals surface area contributed by atoms with Gasteiger partial charge in [-0.3, -0.25) is 4.79 Å². The van der Waals surface area contributed by atoms with Crippen LogP contribution in [-0.2, 0) is 4.79 Å². The van der Waals surface area contributed by atoms with Crippen molar-refractivity contribution in [3.8, 4) is 5.75 Å². The third kappa shape index (κ3) is 2.76. The molecule has 1 unspecified atom stereocenters. The fourth-order valence-electron chi connectivity index (χ4n) is 2.24. The molecule has 0 radical (unpaired) electrons. The number of benzene rings is 1. The first-order valence-electron chi connectivity index (χ1n) is 6.07. The quantitative estimate of drug-likeness (QED) is 0.727. The molecule has 0 aromatic heterocycles. The zero-order valence-electron chi connectivity index (χ0n) is 10.4. The minimum absolute atomic E-state index is 0.286. The SMILES string of the molecule is COc1ccccc1C=C1CC(C)CCC1=O. The fourth-order valence-corrected chi connectivity index (χ4v) is 2.24. The van der Waals surface area contributed by atoms with Crippen LogP contribution in [-0.4, -0.2) is 12.9 Å². The molecule has 1 aliphatic carbocycles. The van der Waals surface area contributed by atoms with Crippen LogP contribution in [0.15, 0.2) is 29.8 Å². The predicted octanol–water partition coefficient (Wildman–Crippen LogP) is 3.47. The smallest absolute Gasteiger partial charge is 0.158 e. The highest BCUT2D eigenvalue weighted by Gasteiger charge is 2.20. The van der Waals surface area contributed by atoms with E-state index in [4.69, 9.17) is 4.74 Å². The van der Waals surface area contributed by atoms with Gasteiger partial charge < -0.3 is 4.74 Å². The lowest BCUT2D eigenvalue weighted by Gasteiger charge is -2.19. The van der Waals surface area contributed by atoms with E-state index >= 15 is 0 Å². The third-order valence-corrected chi connectivity index (χ3v) is 3.26. The number of Topliss-reactive ketones (excluding diaryl/α,β-unsaturated/α-hetero) is 1. The van der Waals surface area contributed by atoms with Gasteiger partial charge in [0.25, 0.3) is 0 Å². The van der Waals surface area contributed by atoms with Crippen LogP contribution >= 0.6 is 0 Å². The second-order valence-corrected chi connectivity index (χ2v) is 4.68. The van der Waals surface area contributed by atoms with Crippen LogP contribution in [0.3, 0.4) is 0 Å². The first kappa shape index (κ1) is 11.9. The summed E-state index contributed by atoms with van der Waals surface area (Å²) in [5, 5.41) is 0. The molecule has 1 atom stereocenters. The molecular formula is C15H18O2. The number of carbonyl (C=O) groups excluding carboxylic acids is 1. The summed E-state index contributed by atoms with van der Waals surface area (Å²) < 4.78 is 5.29. The Kier molecular flexibility index (Phi) is 3.62. The lowest BCUT2D eigenvalue weighted by atomic mass is 9.85.